The summed E-state index contributed by atoms with van der Waals surface area (Å²) in [5.74, 6) is -1.96. The molecule has 6 rings (SSSR count). The van der Waals surface area contributed by atoms with Gasteiger partial charge in [-0.1, -0.05) is 23.8 Å². The Morgan fingerprint density at radius 2 is 1.73 bits per heavy atom. The molecule has 10 heteroatoms. The molecular weight excluding hydrogens is 480 g/mol. The zero-order chi connectivity index (χ0) is 25.7. The molecule has 3 fully saturated rings. The number of esters is 1. The average Bonchev–Trinajstić information content (AvgIpc) is 3.65. The Morgan fingerprint density at radius 1 is 1.00 bits per heavy atom. The maximum atomic E-state index is 14.1. The molecule has 2 aromatic carbocycles. The van der Waals surface area contributed by atoms with Crippen LogP contribution >= 0.6 is 0 Å². The van der Waals surface area contributed by atoms with Gasteiger partial charge in [-0.15, -0.1) is 0 Å². The normalized spacial score (nSPS) is 26.2. The van der Waals surface area contributed by atoms with E-state index in [1.54, 1.807) is 19.1 Å². The highest BCUT2D eigenvalue weighted by molar-refractivity contribution is 6.28. The highest BCUT2D eigenvalue weighted by Gasteiger charge is 2.59. The standard InChI is InChI=1S/C27H26N2O8/c1-3-33-26(32)22-19(15-6-9-17-18(12-15)37-13-36-17)20-23(30)21(27-34-10-11-35-27)25(31)29(24(20)28-22)16-7-4-14(2)5-8-16/h4-9,12,19-20,22,24,28H,3,10-11,13H2,1-2H3/t19-,20+,22?,24-/m1/s1. The van der Waals surface area contributed by atoms with Gasteiger partial charge in [0, 0.05) is 11.6 Å². The van der Waals surface area contributed by atoms with Crippen LogP contribution in [0.1, 0.15) is 24.0 Å². The zero-order valence-corrected chi connectivity index (χ0v) is 20.4. The maximum Gasteiger partial charge on any atom is 0.323 e. The fourth-order valence-electron chi connectivity index (χ4n) is 5.45. The van der Waals surface area contributed by atoms with Gasteiger partial charge in [-0.3, -0.25) is 24.6 Å². The number of fused-ring (bicyclic) bond motifs is 2. The molecule has 0 spiro atoms. The molecule has 0 radical (unpaired) electrons. The zero-order valence-electron chi connectivity index (χ0n) is 20.4. The van der Waals surface area contributed by atoms with Crippen LogP contribution in [0.25, 0.3) is 0 Å². The van der Waals surface area contributed by atoms with Crippen molar-refractivity contribution < 1.29 is 38.1 Å². The Bertz CT molecular complexity index is 1300. The van der Waals surface area contributed by atoms with Crippen LogP contribution in [0.5, 0.6) is 11.5 Å². The van der Waals surface area contributed by atoms with Crippen LogP contribution in [0, 0.1) is 12.8 Å². The molecule has 4 heterocycles. The molecule has 37 heavy (non-hydrogen) atoms. The average molecular weight is 507 g/mol. The molecule has 0 saturated carbocycles. The van der Waals surface area contributed by atoms with Crippen molar-refractivity contribution >= 4 is 23.3 Å². The van der Waals surface area contributed by atoms with Crippen molar-refractivity contribution in [3.05, 3.63) is 65.1 Å². The van der Waals surface area contributed by atoms with E-state index in [-0.39, 0.29) is 38.1 Å². The second-order valence-electron chi connectivity index (χ2n) is 9.24. The molecule has 4 aliphatic heterocycles. The predicted molar refractivity (Wildman–Crippen MR) is 129 cm³/mol. The number of aryl methyl sites for hydroxylation is 1. The monoisotopic (exact) mass is 506 g/mol. The third-order valence-corrected chi connectivity index (χ3v) is 7.08. The molecule has 1 N–H and O–H groups in total. The number of carbonyl (C=O) groups is 3. The smallest absolute Gasteiger partial charge is 0.323 e. The number of hydrogen-bond acceptors (Lipinski definition) is 9. The number of piperidine rings is 1. The molecule has 0 aliphatic carbocycles. The number of ether oxygens (including phenoxy) is 5. The van der Waals surface area contributed by atoms with E-state index in [0.29, 0.717) is 22.7 Å². The molecule has 3 saturated heterocycles. The number of Topliss-reactive ketones (excluding diaryl/α,β-unsaturated/α-hetero) is 1. The van der Waals surface area contributed by atoms with Gasteiger partial charge in [0.1, 0.15) is 19.3 Å². The summed E-state index contributed by atoms with van der Waals surface area (Å²) in [4.78, 5) is 42.6. The molecule has 10 nitrogen and oxygen atoms in total. The van der Waals surface area contributed by atoms with E-state index in [9.17, 15) is 14.4 Å². The Hall–Kier alpha value is -4.05. The number of carbonyl (C=O) groups excluding carboxylic acids is 3. The number of rotatable bonds is 4. The topological polar surface area (TPSA) is 113 Å². The van der Waals surface area contributed by atoms with Crippen LogP contribution in [0.15, 0.2) is 54.0 Å². The van der Waals surface area contributed by atoms with E-state index in [4.69, 9.17) is 23.7 Å². The minimum atomic E-state index is -0.894. The first-order valence-corrected chi connectivity index (χ1v) is 12.2. The van der Waals surface area contributed by atoms with E-state index >= 15 is 0 Å². The summed E-state index contributed by atoms with van der Waals surface area (Å²) in [7, 11) is 0. The van der Waals surface area contributed by atoms with E-state index < -0.39 is 41.7 Å². The summed E-state index contributed by atoms with van der Waals surface area (Å²) in [6.07, 6.45) is -0.807. The van der Waals surface area contributed by atoms with Gasteiger partial charge in [-0.25, -0.2) is 0 Å². The lowest BCUT2D eigenvalue weighted by Crippen LogP contribution is -2.58. The number of hydrogen-bond donors (Lipinski definition) is 1. The lowest BCUT2D eigenvalue weighted by atomic mass is 9.76. The summed E-state index contributed by atoms with van der Waals surface area (Å²) in [6.45, 7) is 4.42. The number of nitrogens with zero attached hydrogens (tertiary/aromatic N) is 1. The van der Waals surface area contributed by atoms with E-state index in [0.717, 1.165) is 5.56 Å². The van der Waals surface area contributed by atoms with Crippen molar-refractivity contribution in [1.82, 2.24) is 5.32 Å². The van der Waals surface area contributed by atoms with Crippen molar-refractivity contribution in [3.63, 3.8) is 0 Å². The second-order valence-corrected chi connectivity index (χ2v) is 9.24. The molecule has 1 amide bonds. The van der Waals surface area contributed by atoms with Crippen molar-refractivity contribution in [2.75, 3.05) is 31.5 Å². The third-order valence-electron chi connectivity index (χ3n) is 7.08. The summed E-state index contributed by atoms with van der Waals surface area (Å²) < 4.78 is 27.5. The lowest BCUT2D eigenvalue weighted by Gasteiger charge is -2.38. The van der Waals surface area contributed by atoms with E-state index in [2.05, 4.69) is 5.32 Å². The van der Waals surface area contributed by atoms with Gasteiger partial charge in [-0.05, 0) is 43.7 Å². The van der Waals surface area contributed by atoms with Crippen LogP contribution in [0.2, 0.25) is 0 Å². The SMILES string of the molecule is CCOC(=O)C1N[C@H]2[C@H](C(=O)C(=C3OCCO3)C(=O)N2c2ccc(C)cc2)[C@H]1c1ccc2c(c1)OCO2. The first-order chi connectivity index (χ1) is 18.0. The quantitative estimate of drug-likeness (QED) is 0.379. The molecule has 4 atom stereocenters. The predicted octanol–water partition coefficient (Wildman–Crippen LogP) is 2.16. The Kier molecular flexibility index (Phi) is 5.75. The molecule has 0 aromatic heterocycles. The van der Waals surface area contributed by atoms with Crippen molar-refractivity contribution in [2.45, 2.75) is 32.0 Å². The van der Waals surface area contributed by atoms with E-state index in [1.807, 2.05) is 37.3 Å². The first-order valence-electron chi connectivity index (χ1n) is 12.2. The molecule has 2 aromatic rings. The minimum Gasteiger partial charge on any atom is -0.465 e. The van der Waals surface area contributed by atoms with Gasteiger partial charge < -0.3 is 23.7 Å². The summed E-state index contributed by atoms with van der Waals surface area (Å²) in [5.41, 5.74) is 2.13. The van der Waals surface area contributed by atoms with Crippen molar-refractivity contribution in [1.29, 1.82) is 0 Å². The summed E-state index contributed by atoms with van der Waals surface area (Å²) >= 11 is 0. The number of benzene rings is 2. The summed E-state index contributed by atoms with van der Waals surface area (Å²) in [6, 6.07) is 11.8. The molecule has 1 unspecified atom stereocenters. The number of ketones is 1. The van der Waals surface area contributed by atoms with Crippen molar-refractivity contribution in [2.24, 2.45) is 5.92 Å². The van der Waals surface area contributed by atoms with E-state index in [1.165, 1.54) is 4.90 Å². The number of amides is 1. The van der Waals surface area contributed by atoms with Crippen LogP contribution in [-0.4, -0.2) is 56.5 Å². The Balaban J connectivity index is 1.51. The van der Waals surface area contributed by atoms with Crippen molar-refractivity contribution in [3.8, 4) is 11.5 Å². The van der Waals surface area contributed by atoms with Gasteiger partial charge in [0.2, 0.25) is 6.79 Å². The van der Waals surface area contributed by atoms with Gasteiger partial charge in [0.25, 0.3) is 11.9 Å². The van der Waals surface area contributed by atoms with Gasteiger partial charge in [-0.2, -0.15) is 0 Å². The Morgan fingerprint density at radius 3 is 2.46 bits per heavy atom. The molecular formula is C27H26N2O8. The van der Waals surface area contributed by atoms with Crippen LogP contribution in [0.3, 0.4) is 0 Å². The van der Waals surface area contributed by atoms with Gasteiger partial charge in [0.15, 0.2) is 22.9 Å². The maximum absolute atomic E-state index is 14.1. The molecule has 192 valence electrons. The lowest BCUT2D eigenvalue weighted by molar-refractivity contribution is -0.145. The fourth-order valence-corrected chi connectivity index (χ4v) is 5.45. The summed E-state index contributed by atoms with van der Waals surface area (Å²) in [5, 5.41) is 3.26. The number of nitrogens with one attached hydrogen (secondary N) is 1. The third kappa shape index (κ3) is 3.79. The molecule has 0 bridgehead atoms. The van der Waals surface area contributed by atoms with Gasteiger partial charge >= 0.3 is 5.97 Å². The number of anilines is 1. The fraction of sp³-hybridized carbons (Fsp3) is 0.370. The largest absolute Gasteiger partial charge is 0.465 e. The first kappa shape index (κ1) is 23.4. The van der Waals surface area contributed by atoms with Crippen LogP contribution < -0.4 is 19.7 Å². The second kappa shape index (κ2) is 9.11. The van der Waals surface area contributed by atoms with Crippen LogP contribution in [0.4, 0.5) is 5.69 Å². The highest BCUT2D eigenvalue weighted by atomic mass is 16.7. The van der Waals surface area contributed by atoms with Crippen LogP contribution in [-0.2, 0) is 28.6 Å². The Labute approximate surface area is 213 Å². The van der Waals surface area contributed by atoms with Gasteiger partial charge in [0.05, 0.1) is 18.7 Å². The molecule has 4 aliphatic rings. The minimum absolute atomic E-state index is 0.0745. The highest BCUT2D eigenvalue weighted by Crippen LogP contribution is 2.47.